The average molecular weight is 373 g/mol. The van der Waals surface area contributed by atoms with E-state index in [1.54, 1.807) is 0 Å². The maximum Gasteiger partial charge on any atom is 0.149 e. The van der Waals surface area contributed by atoms with Crippen LogP contribution in [0, 0.1) is 5.92 Å². The molecule has 1 aromatic heterocycles. The highest BCUT2D eigenvalue weighted by atomic mass is 79.9. The van der Waals surface area contributed by atoms with E-state index in [1.807, 2.05) is 18.2 Å². The van der Waals surface area contributed by atoms with Gasteiger partial charge in [-0.1, -0.05) is 51.8 Å². The number of anilines is 1. The van der Waals surface area contributed by atoms with Crippen molar-refractivity contribution in [3.63, 3.8) is 0 Å². The van der Waals surface area contributed by atoms with Crippen molar-refractivity contribution in [2.24, 2.45) is 5.92 Å². The summed E-state index contributed by atoms with van der Waals surface area (Å²) in [6.07, 6.45) is 0.917. The second-order valence-corrected chi connectivity index (χ2v) is 6.45. The van der Waals surface area contributed by atoms with Crippen LogP contribution in [0.4, 0.5) is 5.82 Å². The van der Waals surface area contributed by atoms with E-state index in [0.717, 1.165) is 32.2 Å². The number of aromatic nitrogens is 2. The number of H-pyrrole nitrogens is 1. The molecular weight excluding hydrogens is 358 g/mol. The van der Waals surface area contributed by atoms with Crippen LogP contribution in [0.25, 0.3) is 11.3 Å². The molecule has 0 saturated heterocycles. The highest BCUT2D eigenvalue weighted by Gasteiger charge is 2.15. The number of hydrogen-bond acceptors (Lipinski definition) is 2. The Kier molecular flexibility index (Phi) is 4.12. The van der Waals surface area contributed by atoms with Crippen molar-refractivity contribution in [2.45, 2.75) is 20.3 Å². The van der Waals surface area contributed by atoms with Crippen LogP contribution in [0.1, 0.15) is 19.4 Å². The summed E-state index contributed by atoms with van der Waals surface area (Å²) in [5.41, 5.74) is 9.11. The lowest BCUT2D eigenvalue weighted by Gasteiger charge is -2.08. The zero-order valence-electron chi connectivity index (χ0n) is 10.3. The third-order valence-corrected chi connectivity index (χ3v) is 3.86. The molecule has 2 rings (SSSR count). The quantitative estimate of drug-likeness (QED) is 0.839. The monoisotopic (exact) mass is 371 g/mol. The minimum absolute atomic E-state index is 0.540. The normalized spacial score (nSPS) is 11.2. The minimum atomic E-state index is 0.540. The number of rotatable bonds is 3. The molecule has 0 atom stereocenters. The Morgan fingerprint density at radius 2 is 2.06 bits per heavy atom. The van der Waals surface area contributed by atoms with Crippen LogP contribution in [-0.4, -0.2) is 10.2 Å². The molecule has 0 aliphatic rings. The first-order valence-corrected chi connectivity index (χ1v) is 7.35. The van der Waals surface area contributed by atoms with Gasteiger partial charge in [0.1, 0.15) is 5.82 Å². The van der Waals surface area contributed by atoms with Crippen LogP contribution in [0.3, 0.4) is 0 Å². The largest absolute Gasteiger partial charge is 0.382 e. The lowest BCUT2D eigenvalue weighted by atomic mass is 9.99. The van der Waals surface area contributed by atoms with Crippen molar-refractivity contribution < 1.29 is 0 Å². The topological polar surface area (TPSA) is 54.7 Å². The van der Waals surface area contributed by atoms with E-state index in [9.17, 15) is 0 Å². The Balaban J connectivity index is 2.50. The van der Waals surface area contributed by atoms with E-state index in [2.05, 4.69) is 55.9 Å². The molecule has 1 aromatic carbocycles. The lowest BCUT2D eigenvalue weighted by Crippen LogP contribution is -1.99. The van der Waals surface area contributed by atoms with Gasteiger partial charge in [0, 0.05) is 20.1 Å². The van der Waals surface area contributed by atoms with Gasteiger partial charge in [-0.2, -0.15) is 5.10 Å². The van der Waals surface area contributed by atoms with Crippen LogP contribution in [-0.2, 0) is 6.42 Å². The average Bonchev–Trinajstić information content (AvgIpc) is 2.60. The van der Waals surface area contributed by atoms with Crippen molar-refractivity contribution in [2.75, 3.05) is 5.73 Å². The highest BCUT2D eigenvalue weighted by molar-refractivity contribution is 9.11. The first-order valence-electron chi connectivity index (χ1n) is 5.77. The first-order chi connectivity index (χ1) is 8.49. The fourth-order valence-corrected chi connectivity index (χ4v) is 3.15. The molecule has 96 valence electrons. The predicted molar refractivity (Wildman–Crippen MR) is 82.4 cm³/mol. The number of nitrogen functional groups attached to an aromatic ring is 1. The molecule has 0 aliphatic heterocycles. The van der Waals surface area contributed by atoms with Gasteiger partial charge in [0.2, 0.25) is 0 Å². The van der Waals surface area contributed by atoms with Gasteiger partial charge in [-0.3, -0.25) is 5.10 Å². The molecule has 2 aromatic rings. The molecule has 0 spiro atoms. The fourth-order valence-electron chi connectivity index (χ4n) is 1.91. The summed E-state index contributed by atoms with van der Waals surface area (Å²) in [5, 5.41) is 7.17. The second-order valence-electron chi connectivity index (χ2n) is 4.68. The van der Waals surface area contributed by atoms with Gasteiger partial charge in [0.25, 0.3) is 0 Å². The highest BCUT2D eigenvalue weighted by Crippen LogP contribution is 2.34. The van der Waals surface area contributed by atoms with Gasteiger partial charge in [0.15, 0.2) is 0 Å². The molecule has 3 N–H and O–H groups in total. The third kappa shape index (κ3) is 2.78. The number of aromatic amines is 1. The summed E-state index contributed by atoms with van der Waals surface area (Å²) in [4.78, 5) is 0. The number of nitrogens with two attached hydrogens (primary N) is 1. The van der Waals surface area contributed by atoms with Crippen LogP contribution in [0.5, 0.6) is 0 Å². The van der Waals surface area contributed by atoms with Gasteiger partial charge in [-0.25, -0.2) is 0 Å². The molecule has 0 fully saturated rings. The summed E-state index contributed by atoms with van der Waals surface area (Å²) in [6, 6.07) is 6.08. The Morgan fingerprint density at radius 1 is 1.33 bits per heavy atom. The molecule has 0 amide bonds. The maximum atomic E-state index is 5.94. The van der Waals surface area contributed by atoms with Crippen LogP contribution >= 0.6 is 31.9 Å². The van der Waals surface area contributed by atoms with Gasteiger partial charge in [0.05, 0.1) is 5.69 Å². The maximum absolute atomic E-state index is 5.94. The standard InChI is InChI=1S/C13H15Br2N3/c1-7(2)5-10-12(17-18-13(10)16)9-4-3-8(14)6-11(9)15/h3-4,6-7H,5H2,1-2H3,(H3,16,17,18). The third-order valence-electron chi connectivity index (χ3n) is 2.71. The van der Waals surface area contributed by atoms with E-state index >= 15 is 0 Å². The number of benzene rings is 1. The Bertz CT molecular complexity index is 561. The van der Waals surface area contributed by atoms with Crippen molar-refractivity contribution in [1.29, 1.82) is 0 Å². The second kappa shape index (κ2) is 5.45. The molecule has 0 aliphatic carbocycles. The van der Waals surface area contributed by atoms with E-state index in [-0.39, 0.29) is 0 Å². The van der Waals surface area contributed by atoms with E-state index in [1.165, 1.54) is 0 Å². The van der Waals surface area contributed by atoms with Gasteiger partial charge in [-0.15, -0.1) is 0 Å². The predicted octanol–water partition coefficient (Wildman–Crippen LogP) is 4.38. The summed E-state index contributed by atoms with van der Waals surface area (Å²) < 4.78 is 2.06. The molecule has 3 nitrogen and oxygen atoms in total. The van der Waals surface area contributed by atoms with Crippen LogP contribution in [0.2, 0.25) is 0 Å². The van der Waals surface area contributed by atoms with E-state index in [4.69, 9.17) is 5.73 Å². The first kappa shape index (κ1) is 13.6. The lowest BCUT2D eigenvalue weighted by molar-refractivity contribution is 0.649. The molecular formula is C13H15Br2N3. The molecule has 0 unspecified atom stereocenters. The zero-order chi connectivity index (χ0) is 13.3. The summed E-state index contributed by atoms with van der Waals surface area (Å²) >= 11 is 7.03. The number of halogens is 2. The van der Waals surface area contributed by atoms with Gasteiger partial charge >= 0.3 is 0 Å². The van der Waals surface area contributed by atoms with Crippen LogP contribution < -0.4 is 5.73 Å². The fraction of sp³-hybridized carbons (Fsp3) is 0.308. The molecule has 18 heavy (non-hydrogen) atoms. The summed E-state index contributed by atoms with van der Waals surface area (Å²) in [6.45, 7) is 4.35. The smallest absolute Gasteiger partial charge is 0.149 e. The molecule has 5 heteroatoms. The SMILES string of the molecule is CC(C)Cc1c(N)n[nH]c1-c1ccc(Br)cc1Br. The van der Waals surface area contributed by atoms with Crippen molar-refractivity contribution >= 4 is 37.7 Å². The summed E-state index contributed by atoms with van der Waals surface area (Å²) in [7, 11) is 0. The zero-order valence-corrected chi connectivity index (χ0v) is 13.5. The molecule has 0 bridgehead atoms. The number of nitrogens with one attached hydrogen (secondary N) is 1. The molecule has 1 heterocycles. The Hall–Kier alpha value is -0.810. The van der Waals surface area contributed by atoms with Gasteiger partial charge < -0.3 is 5.73 Å². The Labute approximate surface area is 123 Å². The molecule has 0 saturated carbocycles. The summed E-state index contributed by atoms with van der Waals surface area (Å²) in [5.74, 6) is 1.13. The Morgan fingerprint density at radius 3 is 2.67 bits per heavy atom. The number of nitrogens with zero attached hydrogens (tertiary/aromatic N) is 1. The van der Waals surface area contributed by atoms with Crippen molar-refractivity contribution in [1.82, 2.24) is 10.2 Å². The van der Waals surface area contributed by atoms with E-state index in [0.29, 0.717) is 11.7 Å². The van der Waals surface area contributed by atoms with E-state index < -0.39 is 0 Å². The minimum Gasteiger partial charge on any atom is -0.382 e. The van der Waals surface area contributed by atoms with Crippen LogP contribution in [0.15, 0.2) is 27.1 Å². The van der Waals surface area contributed by atoms with Gasteiger partial charge in [-0.05, 0) is 24.5 Å². The van der Waals surface area contributed by atoms with Crippen molar-refractivity contribution in [3.05, 3.63) is 32.7 Å². The number of hydrogen-bond donors (Lipinski definition) is 2. The molecule has 0 radical (unpaired) electrons. The van der Waals surface area contributed by atoms with Crippen molar-refractivity contribution in [3.8, 4) is 11.3 Å².